The number of hydrogen-bond acceptors (Lipinski definition) is 3. The van der Waals surface area contributed by atoms with Gasteiger partial charge in [-0.2, -0.15) is 0 Å². The molecule has 0 aliphatic heterocycles. The lowest BCUT2D eigenvalue weighted by atomic mass is 10.5. The van der Waals surface area contributed by atoms with E-state index in [1.54, 1.807) is 0 Å². The van der Waals surface area contributed by atoms with Crippen molar-refractivity contribution in [2.24, 2.45) is 0 Å². The standard InChI is InChI=1S/C3H10NO2P/c1-2-3-4-7(5)6/h4-6H,2-3H2,1H3. The predicted molar refractivity (Wildman–Crippen MR) is 29.7 cm³/mol. The molecule has 3 nitrogen and oxygen atoms in total. The van der Waals surface area contributed by atoms with E-state index >= 15 is 0 Å². The van der Waals surface area contributed by atoms with Gasteiger partial charge in [0.25, 0.3) is 0 Å². The first-order chi connectivity index (χ1) is 3.27. The number of rotatable bonds is 3. The molecule has 0 atom stereocenters. The topological polar surface area (TPSA) is 52.5 Å². The van der Waals surface area contributed by atoms with Gasteiger partial charge in [0.15, 0.2) is 0 Å². The highest BCUT2D eigenvalue weighted by molar-refractivity contribution is 7.42. The minimum absolute atomic E-state index is 0.679. The van der Waals surface area contributed by atoms with Crippen molar-refractivity contribution in [3.63, 3.8) is 0 Å². The van der Waals surface area contributed by atoms with E-state index in [1.165, 1.54) is 0 Å². The lowest BCUT2D eigenvalue weighted by Gasteiger charge is -1.99. The lowest BCUT2D eigenvalue weighted by molar-refractivity contribution is 0.465. The molecule has 0 fully saturated rings. The summed E-state index contributed by atoms with van der Waals surface area (Å²) in [5.41, 5.74) is 0. The molecule has 0 bridgehead atoms. The van der Waals surface area contributed by atoms with Crippen LogP contribution in [0.1, 0.15) is 13.3 Å². The molecule has 0 aromatic heterocycles. The first kappa shape index (κ1) is 7.31. The molecule has 0 saturated carbocycles. The zero-order chi connectivity index (χ0) is 5.70. The number of hydrogen-bond donors (Lipinski definition) is 3. The molecule has 0 aromatic carbocycles. The van der Waals surface area contributed by atoms with Crippen molar-refractivity contribution in [1.29, 1.82) is 0 Å². The third kappa shape index (κ3) is 6.31. The van der Waals surface area contributed by atoms with Crippen LogP contribution in [0.5, 0.6) is 0 Å². The molecule has 0 aliphatic carbocycles. The molecule has 0 radical (unpaired) electrons. The van der Waals surface area contributed by atoms with E-state index in [1.807, 2.05) is 6.92 Å². The molecule has 0 saturated heterocycles. The van der Waals surface area contributed by atoms with Gasteiger partial charge in [-0.05, 0) is 6.42 Å². The summed E-state index contributed by atoms with van der Waals surface area (Å²) in [5.74, 6) is 0. The summed E-state index contributed by atoms with van der Waals surface area (Å²) in [4.78, 5) is 16.4. The Morgan fingerprint density at radius 3 is 2.29 bits per heavy atom. The Labute approximate surface area is 44.3 Å². The van der Waals surface area contributed by atoms with Crippen molar-refractivity contribution >= 4 is 8.53 Å². The van der Waals surface area contributed by atoms with Crippen LogP contribution in [0.4, 0.5) is 0 Å². The summed E-state index contributed by atoms with van der Waals surface area (Å²) in [6.45, 7) is 2.64. The van der Waals surface area contributed by atoms with Crippen molar-refractivity contribution in [1.82, 2.24) is 5.09 Å². The summed E-state index contributed by atoms with van der Waals surface area (Å²) >= 11 is 0. The minimum Gasteiger partial charge on any atom is -0.338 e. The Morgan fingerprint density at radius 1 is 1.57 bits per heavy atom. The number of nitrogens with one attached hydrogen (secondary N) is 1. The van der Waals surface area contributed by atoms with Gasteiger partial charge in [-0.1, -0.05) is 6.92 Å². The molecule has 0 heterocycles. The summed E-state index contributed by atoms with van der Waals surface area (Å²) in [6.07, 6.45) is 0.931. The van der Waals surface area contributed by atoms with Crippen LogP contribution in [0.2, 0.25) is 0 Å². The average Bonchev–Trinajstić information content (AvgIpc) is 1.61. The van der Waals surface area contributed by atoms with Crippen LogP contribution in [0.25, 0.3) is 0 Å². The Balaban J connectivity index is 2.68. The van der Waals surface area contributed by atoms with Gasteiger partial charge in [-0.25, -0.2) is 0 Å². The summed E-state index contributed by atoms with van der Waals surface area (Å²) in [7, 11) is -1.86. The zero-order valence-electron chi connectivity index (χ0n) is 4.26. The molecule has 44 valence electrons. The van der Waals surface area contributed by atoms with Crippen LogP contribution in [0.3, 0.4) is 0 Å². The first-order valence-corrected chi connectivity index (χ1v) is 3.43. The van der Waals surface area contributed by atoms with E-state index in [0.29, 0.717) is 6.54 Å². The molecule has 3 N–H and O–H groups in total. The molecule has 0 unspecified atom stereocenters. The average molecular weight is 123 g/mol. The molecule has 0 amide bonds. The Morgan fingerprint density at radius 2 is 2.14 bits per heavy atom. The van der Waals surface area contributed by atoms with Gasteiger partial charge in [0, 0.05) is 6.54 Å². The monoisotopic (exact) mass is 123 g/mol. The maximum atomic E-state index is 8.19. The maximum Gasteiger partial charge on any atom is 0.250 e. The molecule has 0 rings (SSSR count). The largest absolute Gasteiger partial charge is 0.338 e. The van der Waals surface area contributed by atoms with Crippen molar-refractivity contribution in [3.8, 4) is 0 Å². The van der Waals surface area contributed by atoms with Gasteiger partial charge < -0.3 is 9.79 Å². The van der Waals surface area contributed by atoms with E-state index in [9.17, 15) is 0 Å². The highest BCUT2D eigenvalue weighted by Crippen LogP contribution is 2.14. The Hall–Kier alpha value is 0.310. The normalized spacial score (nSPS) is 10.3. The van der Waals surface area contributed by atoms with Crippen LogP contribution in [0.15, 0.2) is 0 Å². The highest BCUT2D eigenvalue weighted by atomic mass is 31.2. The molecule has 0 aromatic rings. The van der Waals surface area contributed by atoms with Crippen LogP contribution in [0, 0.1) is 0 Å². The third-order valence-corrected chi connectivity index (χ3v) is 1.01. The maximum absolute atomic E-state index is 8.19. The van der Waals surface area contributed by atoms with Gasteiger partial charge in [0.05, 0.1) is 0 Å². The fourth-order valence-electron chi connectivity index (χ4n) is 0.212. The van der Waals surface area contributed by atoms with E-state index in [0.717, 1.165) is 6.42 Å². The quantitative estimate of drug-likeness (QED) is 0.470. The zero-order valence-corrected chi connectivity index (χ0v) is 5.15. The van der Waals surface area contributed by atoms with Gasteiger partial charge in [-0.15, -0.1) is 0 Å². The fourth-order valence-corrected chi connectivity index (χ4v) is 0.635. The second-order valence-corrected chi connectivity index (χ2v) is 2.09. The summed E-state index contributed by atoms with van der Waals surface area (Å²) in [5, 5.41) is 2.47. The summed E-state index contributed by atoms with van der Waals surface area (Å²) in [6, 6.07) is 0. The van der Waals surface area contributed by atoms with Gasteiger partial charge in [0.2, 0.25) is 8.53 Å². The van der Waals surface area contributed by atoms with Crippen LogP contribution in [-0.4, -0.2) is 16.3 Å². The van der Waals surface area contributed by atoms with E-state index in [2.05, 4.69) is 5.09 Å². The van der Waals surface area contributed by atoms with Crippen molar-refractivity contribution in [3.05, 3.63) is 0 Å². The smallest absolute Gasteiger partial charge is 0.250 e. The Kier molecular flexibility index (Phi) is 4.67. The lowest BCUT2D eigenvalue weighted by Crippen LogP contribution is -2.05. The molecule has 0 spiro atoms. The Bertz CT molecular complexity index is 41.9. The van der Waals surface area contributed by atoms with E-state index < -0.39 is 8.53 Å². The summed E-state index contributed by atoms with van der Waals surface area (Å²) < 4.78 is 0. The van der Waals surface area contributed by atoms with Crippen LogP contribution < -0.4 is 5.09 Å². The first-order valence-electron chi connectivity index (χ1n) is 2.18. The fraction of sp³-hybridized carbons (Fsp3) is 1.00. The molecule has 7 heavy (non-hydrogen) atoms. The van der Waals surface area contributed by atoms with Gasteiger partial charge in [-0.3, -0.25) is 5.09 Å². The van der Waals surface area contributed by atoms with Crippen LogP contribution in [-0.2, 0) is 0 Å². The molecular weight excluding hydrogens is 113 g/mol. The van der Waals surface area contributed by atoms with Crippen molar-refractivity contribution in [2.75, 3.05) is 6.54 Å². The van der Waals surface area contributed by atoms with E-state index in [-0.39, 0.29) is 0 Å². The SMILES string of the molecule is CCCNP(O)O. The van der Waals surface area contributed by atoms with E-state index in [4.69, 9.17) is 9.79 Å². The molecule has 0 aliphatic rings. The van der Waals surface area contributed by atoms with Crippen molar-refractivity contribution < 1.29 is 9.79 Å². The van der Waals surface area contributed by atoms with Crippen LogP contribution >= 0.6 is 8.53 Å². The second kappa shape index (κ2) is 4.47. The molecule has 4 heteroatoms. The van der Waals surface area contributed by atoms with Gasteiger partial charge >= 0.3 is 0 Å². The highest BCUT2D eigenvalue weighted by Gasteiger charge is 1.90. The predicted octanol–water partition coefficient (Wildman–Crippen LogP) is 0.197. The van der Waals surface area contributed by atoms with Crippen molar-refractivity contribution in [2.45, 2.75) is 13.3 Å². The third-order valence-electron chi connectivity index (χ3n) is 0.503. The van der Waals surface area contributed by atoms with Gasteiger partial charge in [0.1, 0.15) is 0 Å². The minimum atomic E-state index is -1.86. The second-order valence-electron chi connectivity index (χ2n) is 1.20. The molecular formula is C3H10NO2P.